The van der Waals surface area contributed by atoms with Gasteiger partial charge in [0, 0.05) is 75.5 Å². The van der Waals surface area contributed by atoms with Gasteiger partial charge in [-0.05, 0) is 140 Å². The zero-order valence-electron chi connectivity index (χ0n) is 47.6. The van der Waals surface area contributed by atoms with Crippen molar-refractivity contribution in [3.8, 4) is 23.0 Å². The molecule has 3 aromatic rings. The molecule has 0 saturated heterocycles. The fourth-order valence-electron chi connectivity index (χ4n) is 8.85. The zero-order valence-corrected chi connectivity index (χ0v) is 47.6. The first-order chi connectivity index (χ1) is 38.3. The molecule has 0 heterocycles. The summed E-state index contributed by atoms with van der Waals surface area (Å²) >= 11 is 0. The molecule has 0 spiro atoms. The predicted molar refractivity (Wildman–Crippen MR) is 303 cm³/mol. The van der Waals surface area contributed by atoms with Crippen LogP contribution in [0.1, 0.15) is 138 Å². The Kier molecular flexibility index (Phi) is 25.9. The van der Waals surface area contributed by atoms with E-state index in [4.69, 9.17) is 9.47 Å². The predicted octanol–water partition coefficient (Wildman–Crippen LogP) is 6.09. The molecule has 0 aliphatic heterocycles. The number of benzene rings is 3. The van der Waals surface area contributed by atoms with Gasteiger partial charge in [-0.3, -0.25) is 29.0 Å². The first-order valence-electron chi connectivity index (χ1n) is 27.5. The van der Waals surface area contributed by atoms with Gasteiger partial charge in [-0.1, -0.05) is 44.2 Å². The molecular weight excluding hydrogens is 1050 g/mol. The summed E-state index contributed by atoms with van der Waals surface area (Å²) < 4.78 is 11.0. The van der Waals surface area contributed by atoms with Gasteiger partial charge in [-0.15, -0.1) is 0 Å². The summed E-state index contributed by atoms with van der Waals surface area (Å²) in [6.07, 6.45) is 2.01. The molecule has 22 heteroatoms. The molecule has 0 bridgehead atoms. The number of esters is 1. The van der Waals surface area contributed by atoms with Crippen LogP contribution >= 0.6 is 0 Å². The molecule has 22 nitrogen and oxygen atoms in total. The van der Waals surface area contributed by atoms with Crippen LogP contribution in [0.25, 0.3) is 0 Å². The smallest absolute Gasteiger partial charge is 0.410 e. The minimum atomic E-state index is -2.51. The Balaban J connectivity index is 1.27. The number of nitrogens with zero attached hydrogens (tertiary/aromatic N) is 3. The van der Waals surface area contributed by atoms with E-state index >= 15 is 0 Å². The molecule has 1 aliphatic rings. The van der Waals surface area contributed by atoms with Crippen LogP contribution < -0.4 is 21.3 Å². The largest absolute Gasteiger partial charge is 0.511 e. The lowest BCUT2D eigenvalue weighted by Crippen LogP contribution is -2.50. The lowest BCUT2D eigenvalue weighted by molar-refractivity contribution is -0.181. The van der Waals surface area contributed by atoms with Crippen LogP contribution in [-0.2, 0) is 35.3 Å². The number of amides is 5. The number of hydrogen-bond acceptors (Lipinski definition) is 17. The summed E-state index contributed by atoms with van der Waals surface area (Å²) in [4.78, 5) is 99.7. The van der Waals surface area contributed by atoms with E-state index in [2.05, 4.69) is 31.2 Å². The van der Waals surface area contributed by atoms with E-state index < -0.39 is 71.2 Å². The van der Waals surface area contributed by atoms with E-state index in [9.17, 15) is 64.2 Å². The van der Waals surface area contributed by atoms with Gasteiger partial charge in [0.2, 0.25) is 11.8 Å². The Bertz CT molecular complexity index is 2690. The van der Waals surface area contributed by atoms with Gasteiger partial charge in [0.25, 0.3) is 11.8 Å². The number of rotatable bonds is 32. The average molecular weight is 1130 g/mol. The molecule has 1 aliphatic carbocycles. The second-order valence-corrected chi connectivity index (χ2v) is 22.1. The number of ether oxygens (including phenoxy) is 2. The van der Waals surface area contributed by atoms with Crippen molar-refractivity contribution in [1.82, 2.24) is 31.1 Å². The third-order valence-electron chi connectivity index (χ3n) is 13.0. The van der Waals surface area contributed by atoms with Crippen molar-refractivity contribution in [3.63, 3.8) is 0 Å². The Morgan fingerprint density at radius 3 is 1.65 bits per heavy atom. The number of nitrogens with one attached hydrogen (secondary N) is 4. The molecule has 0 aromatic heterocycles. The van der Waals surface area contributed by atoms with Gasteiger partial charge < -0.3 is 71.2 Å². The molecular formula is C59H83N7O15. The van der Waals surface area contributed by atoms with Gasteiger partial charge in [0.05, 0.1) is 18.4 Å². The summed E-state index contributed by atoms with van der Waals surface area (Å²) in [5.41, 5.74) is -2.02. The number of carbonyl (C=O) groups is 7. The number of allylic oxidation sites excluding steroid dienone is 2. The molecule has 81 heavy (non-hydrogen) atoms. The number of aliphatic hydroxyl groups excluding tert-OH is 1. The monoisotopic (exact) mass is 1130 g/mol. The zero-order chi connectivity index (χ0) is 59.8. The highest BCUT2D eigenvalue weighted by Gasteiger charge is 2.44. The fourth-order valence-corrected chi connectivity index (χ4v) is 8.85. The van der Waals surface area contributed by atoms with E-state index in [1.165, 1.54) is 35.2 Å². The van der Waals surface area contributed by atoms with Crippen LogP contribution in [0.5, 0.6) is 23.0 Å². The maximum atomic E-state index is 13.4. The minimum Gasteiger partial charge on any atom is -0.511 e. The lowest BCUT2D eigenvalue weighted by atomic mass is 9.76. The quantitative estimate of drug-likeness (QED) is 0.0146. The first-order valence-corrected chi connectivity index (χ1v) is 27.5. The number of aliphatic hydroxyl groups is 2. The number of phenols is 4. The second kappa shape index (κ2) is 31.9. The van der Waals surface area contributed by atoms with Crippen LogP contribution in [0.3, 0.4) is 0 Å². The first kappa shape index (κ1) is 65.8. The number of unbranched alkanes of at least 4 members (excludes halogenated alkanes) is 2. The van der Waals surface area contributed by atoms with Gasteiger partial charge in [-0.25, -0.2) is 9.59 Å². The molecule has 0 fully saturated rings. The molecule has 0 saturated carbocycles. The number of Topliss-reactive ketones (excluding diaryl/α,β-unsaturated/α-hetero) is 1. The van der Waals surface area contributed by atoms with Crippen molar-refractivity contribution in [2.45, 2.75) is 130 Å². The Morgan fingerprint density at radius 2 is 1.12 bits per heavy atom. The third kappa shape index (κ3) is 23.5. The van der Waals surface area contributed by atoms with E-state index in [1.54, 1.807) is 27.7 Å². The average Bonchev–Trinajstić information content (AvgIpc) is 3.38. The second-order valence-electron chi connectivity index (χ2n) is 22.1. The normalized spacial score (nSPS) is 14.2. The molecule has 444 valence electrons. The van der Waals surface area contributed by atoms with Crippen LogP contribution in [-0.4, -0.2) is 164 Å². The van der Waals surface area contributed by atoms with Crippen molar-refractivity contribution in [3.05, 3.63) is 94.8 Å². The summed E-state index contributed by atoms with van der Waals surface area (Å²) in [6, 6.07) is 16.6. The highest BCUT2D eigenvalue weighted by molar-refractivity contribution is 6.22. The fraction of sp³-hybridized carbons (Fsp3) is 0.525. The summed E-state index contributed by atoms with van der Waals surface area (Å²) in [5.74, 6) is -5.07. The van der Waals surface area contributed by atoms with Gasteiger partial charge in [0.1, 0.15) is 18.0 Å². The van der Waals surface area contributed by atoms with E-state index in [0.29, 0.717) is 96.2 Å². The van der Waals surface area contributed by atoms with Crippen LogP contribution in [0.15, 0.2) is 83.1 Å². The molecule has 5 amide bonds. The minimum absolute atomic E-state index is 0.0330. The maximum absolute atomic E-state index is 13.4. The Hall–Kier alpha value is -7.72. The van der Waals surface area contributed by atoms with Gasteiger partial charge in [-0.2, -0.15) is 0 Å². The molecule has 1 unspecified atom stereocenters. The number of aromatic hydroxyl groups is 4. The van der Waals surface area contributed by atoms with Gasteiger partial charge in [0.15, 0.2) is 34.4 Å². The maximum Gasteiger partial charge on any atom is 0.410 e. The number of carbonyl (C=O) groups excluding carboxylic acids is 7. The van der Waals surface area contributed by atoms with Crippen LogP contribution in [0, 0.1) is 5.41 Å². The summed E-state index contributed by atoms with van der Waals surface area (Å²) in [7, 11) is 0. The highest BCUT2D eigenvalue weighted by Crippen LogP contribution is 2.36. The van der Waals surface area contributed by atoms with Crippen molar-refractivity contribution < 1.29 is 73.7 Å². The number of ketones is 1. The van der Waals surface area contributed by atoms with Crippen molar-refractivity contribution >= 4 is 47.2 Å². The van der Waals surface area contributed by atoms with Crippen LogP contribution in [0.2, 0.25) is 0 Å². The van der Waals surface area contributed by atoms with Crippen molar-refractivity contribution in [2.24, 2.45) is 10.4 Å². The number of hydrogen-bond donors (Lipinski definition) is 10. The van der Waals surface area contributed by atoms with E-state index in [-0.39, 0.29) is 84.5 Å². The number of aliphatic imine (C=N–C) groups is 1. The third-order valence-corrected chi connectivity index (χ3v) is 13.0. The van der Waals surface area contributed by atoms with E-state index in [1.807, 2.05) is 44.2 Å². The van der Waals surface area contributed by atoms with Gasteiger partial charge >= 0.3 is 12.1 Å². The van der Waals surface area contributed by atoms with Crippen molar-refractivity contribution in [2.75, 3.05) is 65.4 Å². The topological polar surface area (TPSA) is 326 Å². The molecule has 3 aromatic carbocycles. The molecule has 4 rings (SSSR count). The standard InChI is InChI=1S/C59H83N7O15/c1-40(52-48(71)35-58(5,6)36-49(52)72)60-25-14-29-65(30-15-26-63-53(75)42-19-21-44(67)46(69)33-42)28-12-10-23-61-50(73)37-59(79,55(77)81-57(2,3)4)38-51(74)62-24-11-13-31-66(56(78)80-39-41-17-8-7-9-18-41)32-16-27-64-54(76)43-20-22-45(68)47(70)34-43/h7-9,17-22,33-34,67-71,79H,10-16,23-32,35-39H2,1-6H3,(H,61,73)(H,62,74)(H,63,75)(H,64,76). The Morgan fingerprint density at radius 1 is 0.630 bits per heavy atom. The van der Waals surface area contributed by atoms with Crippen molar-refractivity contribution in [1.29, 1.82) is 0 Å². The number of phenolic OH excluding ortho intramolecular Hbond substituents is 4. The van der Waals surface area contributed by atoms with Crippen LogP contribution in [0.4, 0.5) is 4.79 Å². The van der Waals surface area contributed by atoms with E-state index in [0.717, 1.165) is 11.6 Å². The highest BCUT2D eigenvalue weighted by atomic mass is 16.6. The molecule has 0 radical (unpaired) electrons. The molecule has 1 atom stereocenters. The Labute approximate surface area is 474 Å². The SMILES string of the molecule is CC(=NCCCN(CCCCNC(=O)CC(O)(CC(=O)NCCCCN(CCCNC(=O)c1ccc(O)c(O)c1)C(=O)OCc1ccccc1)C(=O)OC(C)(C)C)CCCNC(=O)c1ccc(O)c(O)c1)C1=C(O)CC(C)(C)CC1=O. The lowest BCUT2D eigenvalue weighted by Gasteiger charge is -2.29. The molecule has 10 N–H and O–H groups in total. The summed E-state index contributed by atoms with van der Waals surface area (Å²) in [6.45, 7) is 13.7. The summed E-state index contributed by atoms with van der Waals surface area (Å²) in [5, 5.41) is 72.0.